The molecule has 0 aliphatic carbocycles. The number of rotatable bonds is 7. The van der Waals surface area contributed by atoms with Crippen LogP contribution in [0.4, 0.5) is 0 Å². The van der Waals surface area contributed by atoms with Crippen LogP contribution < -0.4 is 5.32 Å². The molecule has 1 amide bonds. The summed E-state index contributed by atoms with van der Waals surface area (Å²) in [5.74, 6) is -1.07. The first-order valence-corrected chi connectivity index (χ1v) is 12.2. The molecule has 1 aromatic heterocycles. The maximum absolute atomic E-state index is 13.4. The van der Waals surface area contributed by atoms with Gasteiger partial charge in [-0.25, -0.2) is 9.48 Å². The second-order valence-corrected chi connectivity index (χ2v) is 9.36. The molecule has 0 saturated carbocycles. The molecule has 1 atom stereocenters. The largest absolute Gasteiger partial charge is 0.467 e. The van der Waals surface area contributed by atoms with E-state index in [1.54, 1.807) is 41.9 Å². The number of nitrogens with one attached hydrogen (secondary N) is 1. The summed E-state index contributed by atoms with van der Waals surface area (Å²) in [6.45, 7) is 1.79. The highest BCUT2D eigenvalue weighted by atomic mass is 35.5. The molecular formula is C27H22Cl3N3O3. The van der Waals surface area contributed by atoms with E-state index < -0.39 is 17.9 Å². The van der Waals surface area contributed by atoms with E-state index in [1.807, 2.05) is 42.5 Å². The average Bonchev–Trinajstić information content (AvgIpc) is 3.21. The Hall–Kier alpha value is -3.32. The molecule has 36 heavy (non-hydrogen) atoms. The molecule has 0 aliphatic rings. The van der Waals surface area contributed by atoms with Crippen molar-refractivity contribution in [3.8, 4) is 16.9 Å². The Labute approximate surface area is 223 Å². The van der Waals surface area contributed by atoms with Crippen molar-refractivity contribution >= 4 is 46.7 Å². The second kappa shape index (κ2) is 11.2. The summed E-state index contributed by atoms with van der Waals surface area (Å²) >= 11 is 18.7. The quantitative estimate of drug-likeness (QED) is 0.277. The van der Waals surface area contributed by atoms with Crippen LogP contribution in [-0.4, -0.2) is 34.8 Å². The van der Waals surface area contributed by atoms with Crippen LogP contribution in [0.25, 0.3) is 16.9 Å². The molecule has 0 bridgehead atoms. The van der Waals surface area contributed by atoms with Crippen molar-refractivity contribution in [2.24, 2.45) is 0 Å². The van der Waals surface area contributed by atoms with Gasteiger partial charge in [-0.3, -0.25) is 4.79 Å². The third-order valence-electron chi connectivity index (χ3n) is 5.67. The molecule has 1 N–H and O–H groups in total. The van der Waals surface area contributed by atoms with Crippen molar-refractivity contribution in [3.05, 3.63) is 105 Å². The molecule has 1 heterocycles. The van der Waals surface area contributed by atoms with E-state index in [4.69, 9.17) is 39.5 Å². The minimum Gasteiger partial charge on any atom is -0.467 e. The van der Waals surface area contributed by atoms with Gasteiger partial charge in [-0.15, -0.1) is 0 Å². The summed E-state index contributed by atoms with van der Waals surface area (Å²) in [5.41, 5.74) is 3.60. The first-order chi connectivity index (χ1) is 17.3. The molecule has 0 fully saturated rings. The number of halogens is 3. The molecule has 9 heteroatoms. The molecule has 3 aromatic carbocycles. The lowest BCUT2D eigenvalue weighted by molar-refractivity contribution is -0.142. The van der Waals surface area contributed by atoms with E-state index in [2.05, 4.69) is 10.4 Å². The van der Waals surface area contributed by atoms with Crippen molar-refractivity contribution in [2.75, 3.05) is 7.11 Å². The van der Waals surface area contributed by atoms with Crippen LogP contribution in [0, 0.1) is 6.92 Å². The van der Waals surface area contributed by atoms with Crippen molar-refractivity contribution in [1.82, 2.24) is 15.1 Å². The van der Waals surface area contributed by atoms with Crippen molar-refractivity contribution in [3.63, 3.8) is 0 Å². The Morgan fingerprint density at radius 2 is 1.64 bits per heavy atom. The second-order valence-electron chi connectivity index (χ2n) is 8.08. The number of aromatic nitrogens is 2. The number of methoxy groups -OCH3 is 1. The number of benzene rings is 3. The van der Waals surface area contributed by atoms with E-state index in [-0.39, 0.29) is 12.1 Å². The minimum atomic E-state index is -0.896. The van der Waals surface area contributed by atoms with Gasteiger partial charge >= 0.3 is 5.97 Å². The lowest BCUT2D eigenvalue weighted by atomic mass is 10.0. The zero-order chi connectivity index (χ0) is 25.8. The van der Waals surface area contributed by atoms with E-state index in [9.17, 15) is 9.59 Å². The van der Waals surface area contributed by atoms with Crippen molar-refractivity contribution in [2.45, 2.75) is 19.4 Å². The molecule has 0 aliphatic heterocycles. The molecule has 4 rings (SSSR count). The van der Waals surface area contributed by atoms with Crippen LogP contribution in [0.15, 0.2) is 72.8 Å². The highest BCUT2D eigenvalue weighted by molar-refractivity contribution is 6.35. The SMILES string of the molecule is COC(=O)C(Cc1ccccc1)NC(=O)c1nn(-c2ccc(Cl)cc2Cl)c(-c2ccc(Cl)cc2)c1C. The van der Waals surface area contributed by atoms with Crippen LogP contribution in [0.5, 0.6) is 0 Å². The van der Waals surface area contributed by atoms with Gasteiger partial charge in [-0.1, -0.05) is 77.3 Å². The van der Waals surface area contributed by atoms with Gasteiger partial charge in [0.05, 0.1) is 23.5 Å². The molecule has 4 aromatic rings. The Kier molecular flexibility index (Phi) is 7.99. The Balaban J connectivity index is 1.77. The van der Waals surface area contributed by atoms with Crippen LogP contribution in [-0.2, 0) is 16.0 Å². The normalized spacial score (nSPS) is 11.7. The zero-order valence-electron chi connectivity index (χ0n) is 19.5. The highest BCUT2D eigenvalue weighted by Crippen LogP contribution is 2.33. The smallest absolute Gasteiger partial charge is 0.328 e. The first-order valence-electron chi connectivity index (χ1n) is 11.0. The van der Waals surface area contributed by atoms with Crippen LogP contribution >= 0.6 is 34.8 Å². The fourth-order valence-corrected chi connectivity index (χ4v) is 4.51. The number of esters is 1. The topological polar surface area (TPSA) is 73.2 Å². The third-order valence-corrected chi connectivity index (χ3v) is 6.46. The predicted octanol–water partition coefficient (Wildman–Crippen LogP) is 6.32. The molecule has 0 spiro atoms. The van der Waals surface area contributed by atoms with Crippen molar-refractivity contribution < 1.29 is 14.3 Å². The number of ether oxygens (including phenoxy) is 1. The Bertz CT molecular complexity index is 1400. The average molecular weight is 543 g/mol. The monoisotopic (exact) mass is 541 g/mol. The Morgan fingerprint density at radius 1 is 0.972 bits per heavy atom. The lowest BCUT2D eigenvalue weighted by Crippen LogP contribution is -2.43. The fraction of sp³-hybridized carbons (Fsp3) is 0.148. The van der Waals surface area contributed by atoms with Gasteiger partial charge in [0.15, 0.2) is 5.69 Å². The first kappa shape index (κ1) is 25.8. The van der Waals surface area contributed by atoms with Gasteiger partial charge in [0.2, 0.25) is 0 Å². The molecule has 0 saturated heterocycles. The summed E-state index contributed by atoms with van der Waals surface area (Å²) in [6, 6.07) is 20.7. The van der Waals surface area contributed by atoms with E-state index in [0.29, 0.717) is 32.0 Å². The summed E-state index contributed by atoms with van der Waals surface area (Å²) in [7, 11) is 1.29. The van der Waals surface area contributed by atoms with Gasteiger partial charge in [0.25, 0.3) is 5.91 Å². The van der Waals surface area contributed by atoms with Gasteiger partial charge in [0, 0.05) is 27.6 Å². The minimum absolute atomic E-state index is 0.146. The standard InChI is InChI=1S/C27H22Cl3N3O3/c1-16-24(26(34)31-22(27(35)36-2)14-17-6-4-3-5-7-17)32-33(23-13-12-20(29)15-21(23)30)25(16)18-8-10-19(28)11-9-18/h3-13,15,22H,14H2,1-2H3,(H,31,34). The Morgan fingerprint density at radius 3 is 2.28 bits per heavy atom. The van der Waals surface area contributed by atoms with Gasteiger partial charge < -0.3 is 10.1 Å². The number of hydrogen-bond donors (Lipinski definition) is 1. The maximum atomic E-state index is 13.4. The molecular weight excluding hydrogens is 521 g/mol. The summed E-state index contributed by atoms with van der Waals surface area (Å²) < 4.78 is 6.53. The number of amides is 1. The van der Waals surface area contributed by atoms with E-state index in [0.717, 1.165) is 11.1 Å². The molecule has 184 valence electrons. The lowest BCUT2D eigenvalue weighted by Gasteiger charge is -2.16. The summed E-state index contributed by atoms with van der Waals surface area (Å²) in [5, 5.41) is 8.80. The van der Waals surface area contributed by atoms with Crippen LogP contribution in [0.2, 0.25) is 15.1 Å². The van der Waals surface area contributed by atoms with E-state index in [1.165, 1.54) is 7.11 Å². The highest BCUT2D eigenvalue weighted by Gasteiger charge is 2.28. The number of nitrogens with zero attached hydrogens (tertiary/aromatic N) is 2. The summed E-state index contributed by atoms with van der Waals surface area (Å²) in [6.07, 6.45) is 0.270. The van der Waals surface area contributed by atoms with Crippen molar-refractivity contribution in [1.29, 1.82) is 0 Å². The number of carbonyl (C=O) groups excluding carboxylic acids is 2. The third kappa shape index (κ3) is 5.57. The van der Waals surface area contributed by atoms with E-state index >= 15 is 0 Å². The van der Waals surface area contributed by atoms with Gasteiger partial charge in [-0.2, -0.15) is 5.10 Å². The summed E-state index contributed by atoms with van der Waals surface area (Å²) in [4.78, 5) is 25.9. The number of hydrogen-bond acceptors (Lipinski definition) is 4. The predicted molar refractivity (Wildman–Crippen MR) is 142 cm³/mol. The van der Waals surface area contributed by atoms with Crippen LogP contribution in [0.1, 0.15) is 21.6 Å². The van der Waals surface area contributed by atoms with Crippen LogP contribution in [0.3, 0.4) is 0 Å². The zero-order valence-corrected chi connectivity index (χ0v) is 21.7. The maximum Gasteiger partial charge on any atom is 0.328 e. The molecule has 0 radical (unpaired) electrons. The van der Waals surface area contributed by atoms with Gasteiger partial charge in [-0.05, 0) is 42.8 Å². The van der Waals surface area contributed by atoms with Gasteiger partial charge in [0.1, 0.15) is 6.04 Å². The fourth-order valence-electron chi connectivity index (χ4n) is 3.90. The molecule has 1 unspecified atom stereocenters. The molecule has 6 nitrogen and oxygen atoms in total. The number of carbonyl (C=O) groups is 2.